The first-order valence-corrected chi connectivity index (χ1v) is 9.22. The Morgan fingerprint density at radius 1 is 1.00 bits per heavy atom. The van der Waals surface area contributed by atoms with Gasteiger partial charge in [0.1, 0.15) is 0 Å². The SMILES string of the molecule is Cc1ccc(NS(=O)(=O)c2ccc3c(c2)CCCC3)cc1Cl. The minimum atomic E-state index is -3.59. The summed E-state index contributed by atoms with van der Waals surface area (Å²) in [5, 5.41) is 0.547. The maximum absolute atomic E-state index is 12.5. The molecule has 1 aliphatic rings. The van der Waals surface area contributed by atoms with E-state index in [-0.39, 0.29) is 0 Å². The van der Waals surface area contributed by atoms with Gasteiger partial charge >= 0.3 is 0 Å². The Balaban J connectivity index is 1.90. The molecule has 0 spiro atoms. The second-order valence-corrected chi connectivity index (χ2v) is 7.80. The summed E-state index contributed by atoms with van der Waals surface area (Å²) in [6.07, 6.45) is 4.29. The van der Waals surface area contributed by atoms with Gasteiger partial charge in [-0.05, 0) is 73.6 Å². The van der Waals surface area contributed by atoms with E-state index in [0.717, 1.165) is 30.4 Å². The minimum Gasteiger partial charge on any atom is -0.280 e. The number of anilines is 1. The van der Waals surface area contributed by atoms with E-state index in [4.69, 9.17) is 11.6 Å². The van der Waals surface area contributed by atoms with Crippen molar-refractivity contribution < 1.29 is 8.42 Å². The van der Waals surface area contributed by atoms with E-state index >= 15 is 0 Å². The van der Waals surface area contributed by atoms with Crippen LogP contribution in [0.15, 0.2) is 41.3 Å². The van der Waals surface area contributed by atoms with Crippen LogP contribution >= 0.6 is 11.6 Å². The summed E-state index contributed by atoms with van der Waals surface area (Å²) in [7, 11) is -3.59. The molecule has 1 N–H and O–H groups in total. The highest BCUT2D eigenvalue weighted by molar-refractivity contribution is 7.92. The molecule has 116 valence electrons. The summed E-state index contributed by atoms with van der Waals surface area (Å²) in [4.78, 5) is 0.310. The molecule has 0 amide bonds. The number of fused-ring (bicyclic) bond motifs is 1. The van der Waals surface area contributed by atoms with E-state index in [1.807, 2.05) is 13.0 Å². The molecule has 0 aromatic heterocycles. The van der Waals surface area contributed by atoms with Gasteiger partial charge in [0.15, 0.2) is 0 Å². The lowest BCUT2D eigenvalue weighted by molar-refractivity contribution is 0.600. The zero-order chi connectivity index (χ0) is 15.7. The maximum Gasteiger partial charge on any atom is 0.261 e. The van der Waals surface area contributed by atoms with E-state index < -0.39 is 10.0 Å². The van der Waals surface area contributed by atoms with Gasteiger partial charge in [0.2, 0.25) is 0 Å². The van der Waals surface area contributed by atoms with Crippen LogP contribution in [0, 0.1) is 6.92 Å². The molecule has 0 aliphatic heterocycles. The minimum absolute atomic E-state index is 0.310. The van der Waals surface area contributed by atoms with Gasteiger partial charge in [-0.1, -0.05) is 23.7 Å². The molecular weight excluding hydrogens is 318 g/mol. The van der Waals surface area contributed by atoms with Gasteiger partial charge < -0.3 is 0 Å². The first-order chi connectivity index (χ1) is 10.5. The number of benzene rings is 2. The lowest BCUT2D eigenvalue weighted by Crippen LogP contribution is -2.14. The Hall–Kier alpha value is -1.52. The van der Waals surface area contributed by atoms with Gasteiger partial charge in [-0.25, -0.2) is 8.42 Å². The second kappa shape index (κ2) is 5.94. The first kappa shape index (κ1) is 15.4. The van der Waals surface area contributed by atoms with Crippen molar-refractivity contribution in [3.8, 4) is 0 Å². The fourth-order valence-electron chi connectivity index (χ4n) is 2.75. The third-order valence-electron chi connectivity index (χ3n) is 4.05. The van der Waals surface area contributed by atoms with Crippen LogP contribution in [0.2, 0.25) is 5.02 Å². The van der Waals surface area contributed by atoms with Gasteiger partial charge in [-0.15, -0.1) is 0 Å². The molecule has 3 rings (SSSR count). The van der Waals surface area contributed by atoms with Gasteiger partial charge in [-0.2, -0.15) is 0 Å². The van der Waals surface area contributed by atoms with E-state index in [9.17, 15) is 8.42 Å². The number of hydrogen-bond donors (Lipinski definition) is 1. The standard InChI is InChI=1S/C17H18ClNO2S/c1-12-6-8-15(11-17(12)18)19-22(20,21)16-9-7-13-4-2-3-5-14(13)10-16/h6-11,19H,2-5H2,1H3. The number of rotatable bonds is 3. The highest BCUT2D eigenvalue weighted by Gasteiger charge is 2.18. The average Bonchev–Trinajstić information content (AvgIpc) is 2.50. The number of aryl methyl sites for hydroxylation is 3. The van der Waals surface area contributed by atoms with Gasteiger partial charge in [0.05, 0.1) is 10.6 Å². The van der Waals surface area contributed by atoms with Crippen molar-refractivity contribution in [3.63, 3.8) is 0 Å². The molecule has 0 fully saturated rings. The fraction of sp³-hybridized carbons (Fsp3) is 0.294. The van der Waals surface area contributed by atoms with E-state index in [1.54, 1.807) is 30.3 Å². The lowest BCUT2D eigenvalue weighted by Gasteiger charge is -2.17. The molecule has 0 unspecified atom stereocenters. The zero-order valence-corrected chi connectivity index (χ0v) is 14.0. The number of nitrogens with one attached hydrogen (secondary N) is 1. The summed E-state index contributed by atoms with van der Waals surface area (Å²) in [6.45, 7) is 1.88. The second-order valence-electron chi connectivity index (χ2n) is 5.71. The van der Waals surface area contributed by atoms with Crippen molar-refractivity contribution in [3.05, 3.63) is 58.1 Å². The molecule has 0 bridgehead atoms. The Labute approximate surface area is 136 Å². The fourth-order valence-corrected chi connectivity index (χ4v) is 4.03. The summed E-state index contributed by atoms with van der Waals surface area (Å²) < 4.78 is 27.7. The molecule has 2 aromatic carbocycles. The van der Waals surface area contributed by atoms with Crippen molar-refractivity contribution in [2.24, 2.45) is 0 Å². The average molecular weight is 336 g/mol. The Morgan fingerprint density at radius 3 is 2.45 bits per heavy atom. The molecule has 2 aromatic rings. The molecule has 3 nitrogen and oxygen atoms in total. The van der Waals surface area contributed by atoms with Gasteiger partial charge in [-0.3, -0.25) is 4.72 Å². The normalized spacial score (nSPS) is 14.5. The third-order valence-corrected chi connectivity index (χ3v) is 5.84. The van der Waals surface area contributed by atoms with Crippen LogP contribution < -0.4 is 4.72 Å². The molecular formula is C17H18ClNO2S. The predicted octanol–water partition coefficient (Wildman–Crippen LogP) is 4.33. The summed E-state index contributed by atoms with van der Waals surface area (Å²) in [5.74, 6) is 0. The van der Waals surface area contributed by atoms with Crippen LogP contribution in [0.4, 0.5) is 5.69 Å². The molecule has 0 atom stereocenters. The molecule has 0 saturated heterocycles. The third kappa shape index (κ3) is 3.13. The van der Waals surface area contributed by atoms with Crippen LogP contribution in [0.5, 0.6) is 0 Å². The van der Waals surface area contributed by atoms with Crippen molar-refractivity contribution >= 4 is 27.3 Å². The highest BCUT2D eigenvalue weighted by Crippen LogP contribution is 2.26. The molecule has 22 heavy (non-hydrogen) atoms. The van der Waals surface area contributed by atoms with Crippen molar-refractivity contribution in [2.45, 2.75) is 37.5 Å². The highest BCUT2D eigenvalue weighted by atomic mass is 35.5. The number of hydrogen-bond acceptors (Lipinski definition) is 2. The predicted molar refractivity (Wildman–Crippen MR) is 90.1 cm³/mol. The molecule has 5 heteroatoms. The van der Waals surface area contributed by atoms with Crippen molar-refractivity contribution in [1.29, 1.82) is 0 Å². The largest absolute Gasteiger partial charge is 0.280 e. The summed E-state index contributed by atoms with van der Waals surface area (Å²) >= 11 is 6.05. The number of sulfonamides is 1. The van der Waals surface area contributed by atoms with Crippen LogP contribution in [-0.4, -0.2) is 8.42 Å². The van der Waals surface area contributed by atoms with Crippen molar-refractivity contribution in [2.75, 3.05) is 4.72 Å². The molecule has 0 radical (unpaired) electrons. The Morgan fingerprint density at radius 2 is 1.73 bits per heavy atom. The smallest absolute Gasteiger partial charge is 0.261 e. The van der Waals surface area contributed by atoms with E-state index in [1.165, 1.54) is 12.0 Å². The summed E-state index contributed by atoms with van der Waals surface area (Å²) in [6, 6.07) is 10.6. The molecule has 0 saturated carbocycles. The van der Waals surface area contributed by atoms with Crippen molar-refractivity contribution in [1.82, 2.24) is 0 Å². The Bertz CT molecular complexity index is 815. The van der Waals surface area contributed by atoms with E-state index in [0.29, 0.717) is 15.6 Å². The molecule has 0 heterocycles. The van der Waals surface area contributed by atoms with Crippen LogP contribution in [0.3, 0.4) is 0 Å². The van der Waals surface area contributed by atoms with E-state index in [2.05, 4.69) is 4.72 Å². The number of halogens is 1. The quantitative estimate of drug-likeness (QED) is 0.907. The van der Waals surface area contributed by atoms with Gasteiger partial charge in [0.25, 0.3) is 10.0 Å². The van der Waals surface area contributed by atoms with Gasteiger partial charge in [0, 0.05) is 5.02 Å². The first-order valence-electron chi connectivity index (χ1n) is 7.36. The van der Waals surface area contributed by atoms with Crippen LogP contribution in [0.25, 0.3) is 0 Å². The van der Waals surface area contributed by atoms with Crippen LogP contribution in [-0.2, 0) is 22.9 Å². The lowest BCUT2D eigenvalue weighted by atomic mass is 9.92. The molecule has 1 aliphatic carbocycles. The topological polar surface area (TPSA) is 46.2 Å². The maximum atomic E-state index is 12.5. The summed E-state index contributed by atoms with van der Waals surface area (Å²) in [5.41, 5.74) is 3.81. The zero-order valence-electron chi connectivity index (χ0n) is 12.4. The van der Waals surface area contributed by atoms with Crippen LogP contribution in [0.1, 0.15) is 29.5 Å². The Kier molecular flexibility index (Phi) is 4.15. The monoisotopic (exact) mass is 335 g/mol.